The van der Waals surface area contributed by atoms with Crippen molar-refractivity contribution in [1.82, 2.24) is 19.9 Å². The molecule has 1 aliphatic heterocycles. The van der Waals surface area contributed by atoms with Crippen LogP contribution in [0.4, 0.5) is 0 Å². The summed E-state index contributed by atoms with van der Waals surface area (Å²) in [7, 11) is 0. The van der Waals surface area contributed by atoms with Crippen molar-refractivity contribution in [3.63, 3.8) is 0 Å². The maximum atomic E-state index is 12.4. The molecule has 2 aromatic carbocycles. The molecule has 3 heterocycles. The van der Waals surface area contributed by atoms with Crippen LogP contribution in [0.3, 0.4) is 0 Å². The summed E-state index contributed by atoms with van der Waals surface area (Å²) >= 11 is 1.63. The lowest BCUT2D eigenvalue weighted by Crippen LogP contribution is -2.12. The predicted octanol–water partition coefficient (Wildman–Crippen LogP) is 3.40. The Balaban J connectivity index is 1.52. The van der Waals surface area contributed by atoms with E-state index in [0.717, 1.165) is 10.6 Å². The van der Waals surface area contributed by atoms with Crippen LogP contribution in [0.1, 0.15) is 0 Å². The van der Waals surface area contributed by atoms with Crippen LogP contribution in [0.5, 0.6) is 11.5 Å². The van der Waals surface area contributed by atoms with Gasteiger partial charge in [0.1, 0.15) is 0 Å². The number of ether oxygens (including phenoxy) is 2. The highest BCUT2D eigenvalue weighted by atomic mass is 32.2. The van der Waals surface area contributed by atoms with Gasteiger partial charge in [-0.15, -0.1) is 11.8 Å². The van der Waals surface area contributed by atoms with E-state index in [4.69, 9.17) is 14.0 Å². The Morgan fingerprint density at radius 1 is 1.07 bits per heavy atom. The van der Waals surface area contributed by atoms with Crippen LogP contribution in [0.2, 0.25) is 0 Å². The molecule has 0 unspecified atom stereocenters. The molecule has 0 N–H and O–H groups in total. The summed E-state index contributed by atoms with van der Waals surface area (Å²) in [6.07, 6.45) is 3.61. The third-order valence-corrected chi connectivity index (χ3v) is 5.11. The molecule has 4 aromatic rings. The lowest BCUT2D eigenvalue weighted by Gasteiger charge is -2.07. The van der Waals surface area contributed by atoms with Crippen molar-refractivity contribution in [2.45, 2.75) is 4.90 Å². The lowest BCUT2D eigenvalue weighted by atomic mass is 10.2. The van der Waals surface area contributed by atoms with E-state index >= 15 is 0 Å². The number of nitrogens with zero attached hydrogens (tertiary/aromatic N) is 4. The molecule has 8 nitrogen and oxygen atoms in total. The fraction of sp³-hybridized carbons (Fsp3) is 0.100. The van der Waals surface area contributed by atoms with Crippen LogP contribution in [0.25, 0.3) is 28.7 Å². The zero-order chi connectivity index (χ0) is 19.8. The maximum Gasteiger partial charge on any atom is 0.282 e. The number of aromatic nitrogens is 4. The number of fused-ring (bicyclic) bond motifs is 1. The molecule has 0 saturated heterocycles. The summed E-state index contributed by atoms with van der Waals surface area (Å²) in [6, 6.07) is 14.6. The average molecular weight is 406 g/mol. The van der Waals surface area contributed by atoms with Gasteiger partial charge < -0.3 is 14.0 Å². The molecule has 0 fully saturated rings. The zero-order valence-electron chi connectivity index (χ0n) is 15.2. The first-order valence-corrected chi connectivity index (χ1v) is 9.92. The number of thioether (sulfide) groups is 1. The van der Waals surface area contributed by atoms with Gasteiger partial charge in [-0.05, 0) is 42.7 Å². The van der Waals surface area contributed by atoms with Crippen molar-refractivity contribution >= 4 is 11.8 Å². The van der Waals surface area contributed by atoms with Gasteiger partial charge in [-0.1, -0.05) is 11.2 Å². The average Bonchev–Trinajstić information content (AvgIpc) is 3.43. The van der Waals surface area contributed by atoms with Gasteiger partial charge >= 0.3 is 0 Å². The molecule has 29 heavy (non-hydrogen) atoms. The summed E-state index contributed by atoms with van der Waals surface area (Å²) < 4.78 is 17.6. The van der Waals surface area contributed by atoms with Crippen molar-refractivity contribution in [3.05, 3.63) is 65.0 Å². The van der Waals surface area contributed by atoms with Crippen molar-refractivity contribution in [3.8, 4) is 40.2 Å². The van der Waals surface area contributed by atoms with E-state index in [1.54, 1.807) is 40.8 Å². The standard InChI is InChI=1S/C20H14N4O4S/c1-29-14-4-2-3-13(10-14)24-8-7-15(25)18(22-24)20-21-19(23-28-20)12-5-6-16-17(9-12)27-11-26-16/h2-10H,11H2,1H3. The van der Waals surface area contributed by atoms with Gasteiger partial charge in [0.25, 0.3) is 5.89 Å². The molecule has 5 rings (SSSR count). The monoisotopic (exact) mass is 406 g/mol. The van der Waals surface area contributed by atoms with Gasteiger partial charge in [0.2, 0.25) is 18.0 Å². The number of hydrogen-bond acceptors (Lipinski definition) is 8. The molecule has 1 aliphatic rings. The molecule has 0 aliphatic carbocycles. The summed E-state index contributed by atoms with van der Waals surface area (Å²) in [5, 5.41) is 8.39. The van der Waals surface area contributed by atoms with Crippen LogP contribution in [-0.4, -0.2) is 33.0 Å². The van der Waals surface area contributed by atoms with E-state index in [9.17, 15) is 4.79 Å². The van der Waals surface area contributed by atoms with Gasteiger partial charge in [0, 0.05) is 22.7 Å². The van der Waals surface area contributed by atoms with E-state index in [1.807, 2.05) is 30.5 Å². The predicted molar refractivity (Wildman–Crippen MR) is 106 cm³/mol. The third kappa shape index (κ3) is 3.25. The van der Waals surface area contributed by atoms with Crippen LogP contribution < -0.4 is 14.9 Å². The largest absolute Gasteiger partial charge is 0.454 e. The van der Waals surface area contributed by atoms with E-state index < -0.39 is 0 Å². The topological polar surface area (TPSA) is 92.3 Å². The van der Waals surface area contributed by atoms with Gasteiger partial charge in [-0.25, -0.2) is 4.68 Å². The number of rotatable bonds is 4. The first kappa shape index (κ1) is 17.5. The van der Waals surface area contributed by atoms with Crippen molar-refractivity contribution in [2.75, 3.05) is 13.0 Å². The van der Waals surface area contributed by atoms with Crippen molar-refractivity contribution in [2.24, 2.45) is 0 Å². The molecule has 0 radical (unpaired) electrons. The van der Waals surface area contributed by atoms with Gasteiger partial charge in [0.15, 0.2) is 17.2 Å². The smallest absolute Gasteiger partial charge is 0.282 e. The van der Waals surface area contributed by atoms with Gasteiger partial charge in [-0.3, -0.25) is 4.79 Å². The van der Waals surface area contributed by atoms with Gasteiger partial charge in [-0.2, -0.15) is 10.1 Å². The summed E-state index contributed by atoms with van der Waals surface area (Å²) in [5.41, 5.74) is 1.30. The van der Waals surface area contributed by atoms with Crippen LogP contribution in [-0.2, 0) is 0 Å². The molecule has 9 heteroatoms. The third-order valence-electron chi connectivity index (χ3n) is 4.39. The van der Waals surface area contributed by atoms with Crippen LogP contribution >= 0.6 is 11.8 Å². The van der Waals surface area contributed by atoms with E-state index in [1.165, 1.54) is 6.07 Å². The summed E-state index contributed by atoms with van der Waals surface area (Å²) in [6.45, 7) is 0.182. The molecule has 2 aromatic heterocycles. The van der Waals surface area contributed by atoms with E-state index in [0.29, 0.717) is 22.9 Å². The van der Waals surface area contributed by atoms with Gasteiger partial charge in [0.05, 0.1) is 5.69 Å². The normalized spacial score (nSPS) is 12.3. The SMILES string of the molecule is CSc1cccc(-n2ccc(=O)c(-c3nc(-c4ccc5c(c4)OCO5)no3)n2)c1. The first-order valence-electron chi connectivity index (χ1n) is 8.70. The molecule has 0 atom stereocenters. The Morgan fingerprint density at radius 2 is 1.97 bits per heavy atom. The minimum absolute atomic E-state index is 0.0537. The molecule has 0 saturated carbocycles. The second kappa shape index (κ2) is 7.10. The molecule has 0 bridgehead atoms. The Kier molecular flexibility index (Phi) is 4.28. The maximum absolute atomic E-state index is 12.4. The minimum Gasteiger partial charge on any atom is -0.454 e. The minimum atomic E-state index is -0.303. The molecule has 144 valence electrons. The lowest BCUT2D eigenvalue weighted by molar-refractivity contribution is 0.174. The Labute approximate surface area is 169 Å². The number of hydrogen-bond donors (Lipinski definition) is 0. The van der Waals surface area contributed by atoms with Crippen molar-refractivity contribution < 1.29 is 14.0 Å². The van der Waals surface area contributed by atoms with E-state index in [-0.39, 0.29) is 23.8 Å². The van der Waals surface area contributed by atoms with E-state index in [2.05, 4.69) is 15.2 Å². The second-order valence-electron chi connectivity index (χ2n) is 6.17. The molecule has 0 spiro atoms. The van der Waals surface area contributed by atoms with Crippen LogP contribution in [0.15, 0.2) is 68.9 Å². The first-order chi connectivity index (χ1) is 14.2. The zero-order valence-corrected chi connectivity index (χ0v) is 16.0. The Morgan fingerprint density at radius 3 is 2.86 bits per heavy atom. The highest BCUT2D eigenvalue weighted by Crippen LogP contribution is 2.35. The van der Waals surface area contributed by atoms with Crippen LogP contribution in [0, 0.1) is 0 Å². The molecule has 0 amide bonds. The Bertz CT molecular complexity index is 1270. The quantitative estimate of drug-likeness (QED) is 0.476. The second-order valence-corrected chi connectivity index (χ2v) is 7.05. The highest BCUT2D eigenvalue weighted by Gasteiger charge is 2.19. The van der Waals surface area contributed by atoms with Crippen molar-refractivity contribution in [1.29, 1.82) is 0 Å². The highest BCUT2D eigenvalue weighted by molar-refractivity contribution is 7.98. The molecular weight excluding hydrogens is 392 g/mol. The fourth-order valence-corrected chi connectivity index (χ4v) is 3.38. The number of benzene rings is 2. The summed E-state index contributed by atoms with van der Waals surface area (Å²) in [5.74, 6) is 1.66. The summed E-state index contributed by atoms with van der Waals surface area (Å²) in [4.78, 5) is 17.8. The Hall–Kier alpha value is -3.59. The fourth-order valence-electron chi connectivity index (χ4n) is 2.93. The molecular formula is C20H14N4O4S.